The van der Waals surface area contributed by atoms with Gasteiger partial charge in [-0.15, -0.1) is 0 Å². The molecule has 0 atom stereocenters. The number of hydrogen-bond donors (Lipinski definition) is 3. The van der Waals surface area contributed by atoms with Gasteiger partial charge in [0.25, 0.3) is 0 Å². The minimum atomic E-state index is -0.140. The lowest BCUT2D eigenvalue weighted by atomic mass is 10.2. The van der Waals surface area contributed by atoms with Crippen LogP contribution in [0.1, 0.15) is 25.7 Å². The molecule has 1 heterocycles. The van der Waals surface area contributed by atoms with Crippen molar-refractivity contribution in [1.82, 2.24) is 15.5 Å². The van der Waals surface area contributed by atoms with E-state index >= 15 is 0 Å². The zero-order chi connectivity index (χ0) is 9.80. The fourth-order valence-electron chi connectivity index (χ4n) is 1.74. The molecule has 1 saturated carbocycles. The Bertz CT molecular complexity index is 290. The van der Waals surface area contributed by atoms with Crippen LogP contribution in [0.2, 0.25) is 0 Å². The van der Waals surface area contributed by atoms with Crippen molar-refractivity contribution in [2.75, 3.05) is 5.32 Å². The first-order valence-electron chi connectivity index (χ1n) is 4.91. The lowest BCUT2D eigenvalue weighted by Crippen LogP contribution is -2.36. The van der Waals surface area contributed by atoms with E-state index < -0.39 is 0 Å². The minimum Gasteiger partial charge on any atom is -0.335 e. The van der Waals surface area contributed by atoms with Gasteiger partial charge in [-0.25, -0.2) is 4.79 Å². The lowest BCUT2D eigenvalue weighted by molar-refractivity contribution is 0.248. The normalized spacial score (nSPS) is 16.9. The fourth-order valence-corrected chi connectivity index (χ4v) is 1.74. The summed E-state index contributed by atoms with van der Waals surface area (Å²) in [7, 11) is 0. The van der Waals surface area contributed by atoms with E-state index in [0.717, 1.165) is 12.8 Å². The summed E-state index contributed by atoms with van der Waals surface area (Å²) in [6, 6.07) is 0.209. The largest absolute Gasteiger partial charge is 0.335 e. The molecule has 5 heteroatoms. The number of amides is 2. The number of anilines is 1. The first-order chi connectivity index (χ1) is 6.84. The van der Waals surface area contributed by atoms with Crippen LogP contribution in [-0.2, 0) is 0 Å². The third-order valence-electron chi connectivity index (χ3n) is 2.45. The Morgan fingerprint density at radius 1 is 1.50 bits per heavy atom. The summed E-state index contributed by atoms with van der Waals surface area (Å²) in [5.74, 6) is 0. The molecule has 1 aliphatic carbocycles. The van der Waals surface area contributed by atoms with Crippen LogP contribution in [0.15, 0.2) is 12.4 Å². The van der Waals surface area contributed by atoms with E-state index in [1.807, 2.05) is 0 Å². The summed E-state index contributed by atoms with van der Waals surface area (Å²) in [5.41, 5.74) is 0.695. The molecule has 1 aromatic heterocycles. The summed E-state index contributed by atoms with van der Waals surface area (Å²) >= 11 is 0. The first-order valence-corrected chi connectivity index (χ1v) is 4.91. The molecule has 0 spiro atoms. The molecule has 5 nitrogen and oxygen atoms in total. The highest BCUT2D eigenvalue weighted by Gasteiger charge is 2.16. The molecule has 0 saturated heterocycles. The molecule has 0 bridgehead atoms. The number of nitrogens with zero attached hydrogens (tertiary/aromatic N) is 1. The molecule has 0 aromatic carbocycles. The van der Waals surface area contributed by atoms with Crippen LogP contribution in [0.5, 0.6) is 0 Å². The van der Waals surface area contributed by atoms with Crippen LogP contribution in [0.4, 0.5) is 10.5 Å². The SMILES string of the molecule is O=C(Nc1cn[nH]c1)NC1CCCC1. The van der Waals surface area contributed by atoms with E-state index in [4.69, 9.17) is 0 Å². The highest BCUT2D eigenvalue weighted by Crippen LogP contribution is 2.17. The van der Waals surface area contributed by atoms with Crippen LogP contribution < -0.4 is 10.6 Å². The monoisotopic (exact) mass is 194 g/mol. The Morgan fingerprint density at radius 3 is 2.93 bits per heavy atom. The Hall–Kier alpha value is -1.52. The highest BCUT2D eigenvalue weighted by atomic mass is 16.2. The van der Waals surface area contributed by atoms with Gasteiger partial charge in [-0.3, -0.25) is 5.10 Å². The fraction of sp³-hybridized carbons (Fsp3) is 0.556. The van der Waals surface area contributed by atoms with Crippen molar-refractivity contribution in [3.63, 3.8) is 0 Å². The Labute approximate surface area is 82.3 Å². The van der Waals surface area contributed by atoms with Crippen LogP contribution in [0.25, 0.3) is 0 Å². The zero-order valence-corrected chi connectivity index (χ0v) is 7.92. The van der Waals surface area contributed by atoms with E-state index in [1.165, 1.54) is 12.8 Å². The van der Waals surface area contributed by atoms with Gasteiger partial charge in [0.05, 0.1) is 11.9 Å². The predicted octanol–water partition coefficient (Wildman–Crippen LogP) is 1.47. The average Bonchev–Trinajstić information content (AvgIpc) is 2.76. The second-order valence-corrected chi connectivity index (χ2v) is 3.57. The van der Waals surface area contributed by atoms with Crippen molar-refractivity contribution >= 4 is 11.7 Å². The second-order valence-electron chi connectivity index (χ2n) is 3.57. The van der Waals surface area contributed by atoms with Crippen molar-refractivity contribution in [3.05, 3.63) is 12.4 Å². The number of aromatic nitrogens is 2. The predicted molar refractivity (Wildman–Crippen MR) is 53.0 cm³/mol. The highest BCUT2D eigenvalue weighted by molar-refractivity contribution is 5.89. The molecular formula is C9H14N4O. The molecule has 1 aromatic rings. The van der Waals surface area contributed by atoms with Crippen LogP contribution in [0, 0.1) is 0 Å². The number of aromatic amines is 1. The van der Waals surface area contributed by atoms with E-state index in [9.17, 15) is 4.79 Å². The Morgan fingerprint density at radius 2 is 2.29 bits per heavy atom. The zero-order valence-electron chi connectivity index (χ0n) is 7.92. The maximum Gasteiger partial charge on any atom is 0.319 e. The van der Waals surface area contributed by atoms with Crippen molar-refractivity contribution in [1.29, 1.82) is 0 Å². The molecule has 2 amide bonds. The van der Waals surface area contributed by atoms with E-state index in [-0.39, 0.29) is 6.03 Å². The van der Waals surface area contributed by atoms with Gasteiger partial charge >= 0.3 is 6.03 Å². The molecular weight excluding hydrogens is 180 g/mol. The van der Waals surface area contributed by atoms with Crippen molar-refractivity contribution < 1.29 is 4.79 Å². The summed E-state index contributed by atoms with van der Waals surface area (Å²) in [6.07, 6.45) is 7.85. The van der Waals surface area contributed by atoms with Crippen LogP contribution in [0.3, 0.4) is 0 Å². The molecule has 3 N–H and O–H groups in total. The van der Waals surface area contributed by atoms with Gasteiger partial charge in [-0.2, -0.15) is 5.10 Å². The van der Waals surface area contributed by atoms with E-state index in [1.54, 1.807) is 12.4 Å². The Balaban J connectivity index is 1.78. The van der Waals surface area contributed by atoms with Crippen molar-refractivity contribution in [2.45, 2.75) is 31.7 Å². The van der Waals surface area contributed by atoms with Crippen LogP contribution >= 0.6 is 0 Å². The third-order valence-corrected chi connectivity index (χ3v) is 2.45. The maximum absolute atomic E-state index is 11.4. The van der Waals surface area contributed by atoms with Gasteiger partial charge in [-0.1, -0.05) is 12.8 Å². The van der Waals surface area contributed by atoms with Crippen molar-refractivity contribution in [3.8, 4) is 0 Å². The van der Waals surface area contributed by atoms with Crippen LogP contribution in [-0.4, -0.2) is 22.3 Å². The van der Waals surface area contributed by atoms with Gasteiger partial charge in [0.2, 0.25) is 0 Å². The topological polar surface area (TPSA) is 69.8 Å². The molecule has 2 rings (SSSR count). The Kier molecular flexibility index (Phi) is 2.67. The first kappa shape index (κ1) is 9.05. The summed E-state index contributed by atoms with van der Waals surface area (Å²) in [4.78, 5) is 11.4. The molecule has 76 valence electrons. The minimum absolute atomic E-state index is 0.140. The van der Waals surface area contributed by atoms with Gasteiger partial charge in [0.1, 0.15) is 0 Å². The molecule has 0 radical (unpaired) electrons. The van der Waals surface area contributed by atoms with Crippen molar-refractivity contribution in [2.24, 2.45) is 0 Å². The molecule has 0 unspecified atom stereocenters. The maximum atomic E-state index is 11.4. The van der Waals surface area contributed by atoms with E-state index in [0.29, 0.717) is 11.7 Å². The van der Waals surface area contributed by atoms with Gasteiger partial charge < -0.3 is 10.6 Å². The van der Waals surface area contributed by atoms with E-state index in [2.05, 4.69) is 20.8 Å². The summed E-state index contributed by atoms with van der Waals surface area (Å²) in [6.45, 7) is 0. The number of H-pyrrole nitrogens is 1. The molecule has 1 fully saturated rings. The number of hydrogen-bond acceptors (Lipinski definition) is 2. The number of nitrogens with one attached hydrogen (secondary N) is 3. The molecule has 1 aliphatic rings. The lowest BCUT2D eigenvalue weighted by Gasteiger charge is -2.11. The summed E-state index contributed by atoms with van der Waals surface area (Å²) < 4.78 is 0. The number of rotatable bonds is 2. The van der Waals surface area contributed by atoms with Gasteiger partial charge in [-0.05, 0) is 12.8 Å². The quantitative estimate of drug-likeness (QED) is 0.667. The van der Waals surface area contributed by atoms with Gasteiger partial charge in [0, 0.05) is 12.2 Å². The molecule has 14 heavy (non-hydrogen) atoms. The third kappa shape index (κ3) is 2.25. The number of carbonyl (C=O) groups excluding carboxylic acids is 1. The smallest absolute Gasteiger partial charge is 0.319 e. The number of urea groups is 1. The average molecular weight is 194 g/mol. The second kappa shape index (κ2) is 4.13. The molecule has 0 aliphatic heterocycles. The standard InChI is InChI=1S/C9H14N4O/c14-9(12-7-3-1-2-4-7)13-8-5-10-11-6-8/h5-7H,1-4H2,(H,10,11)(H2,12,13,14). The summed E-state index contributed by atoms with van der Waals surface area (Å²) in [5, 5.41) is 12.0. The number of carbonyl (C=O) groups is 1. The van der Waals surface area contributed by atoms with Gasteiger partial charge in [0.15, 0.2) is 0 Å².